The monoisotopic (exact) mass is 412 g/mol. The number of carbonyl (C=O) groups excluding carboxylic acids is 2. The second-order valence-corrected chi connectivity index (χ2v) is 9.13. The third-order valence-corrected chi connectivity index (χ3v) is 5.63. The Morgan fingerprint density at radius 1 is 0.935 bits per heavy atom. The van der Waals surface area contributed by atoms with Crippen LogP contribution >= 0.6 is 0 Å². The zero-order valence-electron chi connectivity index (χ0n) is 18.4. The molecule has 0 amide bonds. The molecule has 1 unspecified atom stereocenters. The average molecular weight is 413 g/mol. The molecule has 3 nitrogen and oxygen atoms in total. The summed E-state index contributed by atoms with van der Waals surface area (Å²) in [6.07, 6.45) is 5.54. The quantitative estimate of drug-likeness (QED) is 0.343. The molecule has 0 fully saturated rings. The van der Waals surface area contributed by atoms with Crippen LogP contribution in [0.3, 0.4) is 0 Å². The highest BCUT2D eigenvalue weighted by Crippen LogP contribution is 2.36. The lowest BCUT2D eigenvalue weighted by Gasteiger charge is -2.21. The molecular weight excluding hydrogens is 384 g/mol. The predicted octanol–water partition coefficient (Wildman–Crippen LogP) is 6.50. The summed E-state index contributed by atoms with van der Waals surface area (Å²) in [6, 6.07) is 20.0. The maximum atomic E-state index is 13.1. The maximum absolute atomic E-state index is 13.1. The van der Waals surface area contributed by atoms with Gasteiger partial charge in [0.25, 0.3) is 0 Å². The van der Waals surface area contributed by atoms with Crippen LogP contribution in [0.4, 0.5) is 0 Å². The van der Waals surface area contributed by atoms with Crippen LogP contribution in [0, 0.1) is 0 Å². The van der Waals surface area contributed by atoms with Gasteiger partial charge in [-0.25, -0.2) is 0 Å². The minimum absolute atomic E-state index is 0.00583. The zero-order valence-corrected chi connectivity index (χ0v) is 18.4. The fourth-order valence-electron chi connectivity index (χ4n) is 4.35. The largest absolute Gasteiger partial charge is 0.460 e. The molecule has 3 aromatic carbocycles. The summed E-state index contributed by atoms with van der Waals surface area (Å²) in [4.78, 5) is 25.5. The molecule has 4 rings (SSSR count). The molecule has 0 radical (unpaired) electrons. The molecule has 3 aromatic rings. The first-order valence-electron chi connectivity index (χ1n) is 10.8. The van der Waals surface area contributed by atoms with Gasteiger partial charge in [-0.05, 0) is 54.7 Å². The van der Waals surface area contributed by atoms with Crippen molar-refractivity contribution in [3.8, 4) is 0 Å². The Morgan fingerprint density at radius 3 is 2.48 bits per heavy atom. The number of ketones is 1. The number of Topliss-reactive ketones (excluding diaryl/α,β-unsaturated/α-hetero) is 1. The van der Waals surface area contributed by atoms with E-state index in [1.807, 2.05) is 69.3 Å². The van der Waals surface area contributed by atoms with E-state index in [0.29, 0.717) is 19.3 Å². The van der Waals surface area contributed by atoms with Gasteiger partial charge in [0.2, 0.25) is 0 Å². The van der Waals surface area contributed by atoms with Gasteiger partial charge in [-0.1, -0.05) is 72.8 Å². The standard InChI is InChI=1S/C28H28O3/c1-28(2,3)31-26(30)18-22-15-14-20-10-6-11-21(27(20)22)16-17-25(29)24-13-7-9-19-8-4-5-12-23(19)24/h4-15,22H,16-18H2,1-3H3. The highest BCUT2D eigenvalue weighted by Gasteiger charge is 2.26. The van der Waals surface area contributed by atoms with Gasteiger partial charge >= 0.3 is 5.97 Å². The molecule has 0 saturated carbocycles. The second kappa shape index (κ2) is 8.50. The van der Waals surface area contributed by atoms with Crippen molar-refractivity contribution in [3.63, 3.8) is 0 Å². The molecule has 0 spiro atoms. The van der Waals surface area contributed by atoms with Crippen molar-refractivity contribution in [2.45, 2.75) is 51.6 Å². The summed E-state index contributed by atoms with van der Waals surface area (Å²) in [5.41, 5.74) is 3.69. The van der Waals surface area contributed by atoms with Gasteiger partial charge in [0, 0.05) is 17.9 Å². The number of hydrogen-bond acceptors (Lipinski definition) is 3. The van der Waals surface area contributed by atoms with Gasteiger partial charge in [-0.15, -0.1) is 0 Å². The molecule has 0 aromatic heterocycles. The van der Waals surface area contributed by atoms with Crippen LogP contribution in [0.25, 0.3) is 16.8 Å². The van der Waals surface area contributed by atoms with E-state index in [4.69, 9.17) is 4.74 Å². The number of fused-ring (bicyclic) bond motifs is 2. The number of ether oxygens (including phenoxy) is 1. The summed E-state index contributed by atoms with van der Waals surface area (Å²) in [5.74, 6) is -0.0607. The molecule has 3 heteroatoms. The molecule has 0 heterocycles. The third kappa shape index (κ3) is 4.77. The summed E-state index contributed by atoms with van der Waals surface area (Å²) >= 11 is 0. The fourth-order valence-corrected chi connectivity index (χ4v) is 4.35. The molecule has 0 N–H and O–H groups in total. The Labute approximate surface area is 183 Å². The summed E-state index contributed by atoms with van der Waals surface area (Å²) in [6.45, 7) is 5.65. The van der Waals surface area contributed by atoms with Crippen molar-refractivity contribution >= 4 is 28.6 Å². The van der Waals surface area contributed by atoms with E-state index in [-0.39, 0.29) is 17.7 Å². The van der Waals surface area contributed by atoms with Crippen LogP contribution in [-0.4, -0.2) is 17.4 Å². The Morgan fingerprint density at radius 2 is 1.68 bits per heavy atom. The first-order valence-corrected chi connectivity index (χ1v) is 10.8. The molecular formula is C28H28O3. The number of rotatable bonds is 6. The minimum atomic E-state index is -0.493. The fraction of sp³-hybridized carbons (Fsp3) is 0.286. The molecule has 0 saturated heterocycles. The molecule has 1 aliphatic carbocycles. The predicted molar refractivity (Wildman–Crippen MR) is 125 cm³/mol. The second-order valence-electron chi connectivity index (χ2n) is 9.13. The van der Waals surface area contributed by atoms with E-state index < -0.39 is 5.60 Å². The summed E-state index contributed by atoms with van der Waals surface area (Å²) < 4.78 is 5.52. The van der Waals surface area contributed by atoms with Gasteiger partial charge < -0.3 is 4.74 Å². The number of carbonyl (C=O) groups is 2. The highest BCUT2D eigenvalue weighted by atomic mass is 16.6. The molecule has 1 atom stereocenters. The summed E-state index contributed by atoms with van der Waals surface area (Å²) in [5, 5.41) is 2.08. The first kappa shape index (κ1) is 21.0. The Kier molecular flexibility index (Phi) is 5.77. The lowest BCUT2D eigenvalue weighted by molar-refractivity contribution is -0.155. The van der Waals surface area contributed by atoms with Crippen LogP contribution in [0.15, 0.2) is 66.7 Å². The van der Waals surface area contributed by atoms with E-state index in [9.17, 15) is 9.59 Å². The van der Waals surface area contributed by atoms with E-state index in [2.05, 4.69) is 24.3 Å². The Balaban J connectivity index is 1.51. The molecule has 0 bridgehead atoms. The third-order valence-electron chi connectivity index (χ3n) is 5.63. The highest BCUT2D eigenvalue weighted by molar-refractivity contribution is 6.08. The van der Waals surface area contributed by atoms with Crippen molar-refractivity contribution in [2.24, 2.45) is 0 Å². The number of esters is 1. The van der Waals surface area contributed by atoms with Gasteiger partial charge in [-0.3, -0.25) is 9.59 Å². The van der Waals surface area contributed by atoms with Gasteiger partial charge in [0.15, 0.2) is 5.78 Å². The normalized spacial score (nSPS) is 15.1. The Hall–Kier alpha value is -3.20. The van der Waals surface area contributed by atoms with Crippen LogP contribution in [0.5, 0.6) is 0 Å². The van der Waals surface area contributed by atoms with Gasteiger partial charge in [-0.2, -0.15) is 0 Å². The van der Waals surface area contributed by atoms with Crippen molar-refractivity contribution in [2.75, 3.05) is 0 Å². The maximum Gasteiger partial charge on any atom is 0.307 e. The van der Waals surface area contributed by atoms with Crippen molar-refractivity contribution in [1.82, 2.24) is 0 Å². The molecule has 158 valence electrons. The van der Waals surface area contributed by atoms with Crippen molar-refractivity contribution in [1.29, 1.82) is 0 Å². The van der Waals surface area contributed by atoms with Crippen LogP contribution < -0.4 is 0 Å². The minimum Gasteiger partial charge on any atom is -0.460 e. The molecule has 31 heavy (non-hydrogen) atoms. The number of benzene rings is 3. The molecule has 1 aliphatic rings. The lowest BCUT2D eigenvalue weighted by Crippen LogP contribution is -2.24. The summed E-state index contributed by atoms with van der Waals surface area (Å²) in [7, 11) is 0. The van der Waals surface area contributed by atoms with E-state index in [1.165, 1.54) is 0 Å². The van der Waals surface area contributed by atoms with Crippen LogP contribution in [0.1, 0.15) is 66.6 Å². The number of aryl methyl sites for hydroxylation is 1. The van der Waals surface area contributed by atoms with Gasteiger partial charge in [0.05, 0.1) is 6.42 Å². The topological polar surface area (TPSA) is 43.4 Å². The van der Waals surface area contributed by atoms with E-state index >= 15 is 0 Å². The zero-order chi connectivity index (χ0) is 22.0. The van der Waals surface area contributed by atoms with E-state index in [0.717, 1.165) is 33.0 Å². The van der Waals surface area contributed by atoms with Crippen molar-refractivity contribution < 1.29 is 14.3 Å². The number of hydrogen-bond donors (Lipinski definition) is 0. The average Bonchev–Trinajstić information content (AvgIpc) is 3.13. The SMILES string of the molecule is CC(C)(C)OC(=O)CC1C=Cc2cccc(CCC(=O)c3cccc4ccccc34)c21. The van der Waals surface area contributed by atoms with E-state index in [1.54, 1.807) is 0 Å². The number of allylic oxidation sites excluding steroid dienone is 1. The Bertz CT molecular complexity index is 1160. The first-order chi connectivity index (χ1) is 14.8. The van der Waals surface area contributed by atoms with Crippen molar-refractivity contribution in [3.05, 3.63) is 89.0 Å². The van der Waals surface area contributed by atoms with Crippen LogP contribution in [0.2, 0.25) is 0 Å². The van der Waals surface area contributed by atoms with Gasteiger partial charge in [0.1, 0.15) is 5.60 Å². The lowest BCUT2D eigenvalue weighted by atomic mass is 9.89. The smallest absolute Gasteiger partial charge is 0.307 e. The van der Waals surface area contributed by atoms with Crippen LogP contribution in [-0.2, 0) is 16.0 Å². The molecule has 0 aliphatic heterocycles.